The molecule has 0 aromatic carbocycles. The molecule has 0 fully saturated rings. The summed E-state index contributed by atoms with van der Waals surface area (Å²) in [6.07, 6.45) is 30.1. The van der Waals surface area contributed by atoms with Crippen molar-refractivity contribution in [3.63, 3.8) is 0 Å². The van der Waals surface area contributed by atoms with Crippen LogP contribution in [0.1, 0.15) is 77.6 Å². The number of hydrogen-bond donors (Lipinski definition) is 1. The van der Waals surface area contributed by atoms with E-state index in [1.807, 2.05) is 0 Å². The van der Waals surface area contributed by atoms with E-state index in [2.05, 4.69) is 76.8 Å². The molecule has 0 bridgehead atoms. The molecule has 0 saturated heterocycles. The Morgan fingerprint density at radius 2 is 1.27 bits per heavy atom. The van der Waals surface area contributed by atoms with E-state index in [9.17, 15) is 4.79 Å². The van der Waals surface area contributed by atoms with Crippen LogP contribution in [-0.4, -0.2) is 17.8 Å². The van der Waals surface area contributed by atoms with E-state index in [1.54, 1.807) is 0 Å². The molecule has 2 nitrogen and oxygen atoms in total. The molecule has 0 aliphatic heterocycles. The number of hydrogen-bond acceptors (Lipinski definition) is 1. The smallest absolute Gasteiger partial charge is 0.220 e. The molecule has 148 valence electrons. The molecule has 0 atom stereocenters. The van der Waals surface area contributed by atoms with E-state index >= 15 is 0 Å². The third-order valence-corrected chi connectivity index (χ3v) is 4.30. The zero-order valence-electron chi connectivity index (χ0n) is 16.6. The fourth-order valence-corrected chi connectivity index (χ4v) is 2.71. The lowest BCUT2D eigenvalue weighted by molar-refractivity contribution is -0.120. The topological polar surface area (TPSA) is 29.1 Å². The first-order valence-corrected chi connectivity index (χ1v) is 11.4. The van der Waals surface area contributed by atoms with Crippen molar-refractivity contribution in [3.8, 4) is 0 Å². The van der Waals surface area contributed by atoms with Crippen molar-refractivity contribution in [2.24, 2.45) is 0 Å². The fourth-order valence-electron chi connectivity index (χ4n) is 2.35. The van der Waals surface area contributed by atoms with Crippen molar-refractivity contribution in [2.75, 3.05) is 11.9 Å². The maximum absolute atomic E-state index is 11.3. The zero-order chi connectivity index (χ0) is 19.1. The maximum atomic E-state index is 11.3. The Labute approximate surface area is 170 Å². The predicted octanol–water partition coefficient (Wildman–Crippen LogP) is 7.03. The van der Waals surface area contributed by atoms with Crippen LogP contribution in [0.2, 0.25) is 0 Å². The quantitative estimate of drug-likeness (QED) is 0.152. The van der Waals surface area contributed by atoms with Crippen LogP contribution < -0.4 is 5.32 Å². The monoisotopic (exact) mass is 423 g/mol. The normalized spacial score (nSPS) is 12.2. The Balaban J connectivity index is 3.40. The average molecular weight is 424 g/mol. The third kappa shape index (κ3) is 21.0. The van der Waals surface area contributed by atoms with E-state index in [0.717, 1.165) is 50.4 Å². The SMILES string of the molecule is CCCCCC=CCC=CCC=CCC=CCCCCNC(=O)CCBr. The van der Waals surface area contributed by atoms with Crippen molar-refractivity contribution >= 4 is 21.8 Å². The second-order valence-corrected chi connectivity index (χ2v) is 7.17. The molecule has 3 heteroatoms. The molecule has 0 heterocycles. The number of unbranched alkanes of at least 4 members (excludes halogenated alkanes) is 5. The molecular formula is C23H38BrNO. The number of rotatable bonds is 17. The molecule has 0 rings (SSSR count). The number of amides is 1. The van der Waals surface area contributed by atoms with E-state index in [0.29, 0.717) is 6.42 Å². The van der Waals surface area contributed by atoms with Gasteiger partial charge in [0.15, 0.2) is 0 Å². The molecule has 0 saturated carbocycles. The highest BCUT2D eigenvalue weighted by Crippen LogP contribution is 2.01. The van der Waals surface area contributed by atoms with Crippen LogP contribution in [0, 0.1) is 0 Å². The number of carbonyl (C=O) groups excluding carboxylic acids is 1. The van der Waals surface area contributed by atoms with Gasteiger partial charge in [-0.25, -0.2) is 0 Å². The van der Waals surface area contributed by atoms with Crippen LogP contribution in [0.3, 0.4) is 0 Å². The Bertz CT molecular complexity index is 424. The van der Waals surface area contributed by atoms with Gasteiger partial charge in [-0.15, -0.1) is 0 Å². The van der Waals surface area contributed by atoms with Gasteiger partial charge in [-0.2, -0.15) is 0 Å². The minimum absolute atomic E-state index is 0.139. The van der Waals surface area contributed by atoms with Gasteiger partial charge in [0.2, 0.25) is 5.91 Å². The molecule has 0 aromatic rings. The lowest BCUT2D eigenvalue weighted by Crippen LogP contribution is -2.24. The van der Waals surface area contributed by atoms with Gasteiger partial charge >= 0.3 is 0 Å². The lowest BCUT2D eigenvalue weighted by atomic mass is 10.2. The molecule has 0 radical (unpaired) electrons. The largest absolute Gasteiger partial charge is 0.356 e. The molecule has 0 aliphatic carbocycles. The first-order valence-electron chi connectivity index (χ1n) is 10.2. The maximum Gasteiger partial charge on any atom is 0.220 e. The predicted molar refractivity (Wildman–Crippen MR) is 120 cm³/mol. The standard InChI is InChI=1S/C23H38BrNO/c1-2-3-4-5-6-7-8-9-10-11-12-13-14-15-16-17-18-19-22-25-23(26)20-21-24/h6-7,9-10,12-13,15-16H,2-5,8,11,14,17-22H2,1H3,(H,25,26). The van der Waals surface area contributed by atoms with Crippen LogP contribution in [0.25, 0.3) is 0 Å². The summed E-state index contributed by atoms with van der Waals surface area (Å²) < 4.78 is 0. The van der Waals surface area contributed by atoms with Crippen LogP contribution in [0.5, 0.6) is 0 Å². The van der Waals surface area contributed by atoms with Gasteiger partial charge < -0.3 is 5.32 Å². The van der Waals surface area contributed by atoms with Gasteiger partial charge in [0.25, 0.3) is 0 Å². The van der Waals surface area contributed by atoms with Gasteiger partial charge in [-0.1, -0.05) is 84.3 Å². The van der Waals surface area contributed by atoms with E-state index in [4.69, 9.17) is 0 Å². The van der Waals surface area contributed by atoms with Crippen LogP contribution in [-0.2, 0) is 4.79 Å². The fraction of sp³-hybridized carbons (Fsp3) is 0.609. The van der Waals surface area contributed by atoms with E-state index < -0.39 is 0 Å². The molecule has 0 aromatic heterocycles. The summed E-state index contributed by atoms with van der Waals surface area (Å²) in [6, 6.07) is 0. The van der Waals surface area contributed by atoms with Crippen LogP contribution >= 0.6 is 15.9 Å². The summed E-state index contributed by atoms with van der Waals surface area (Å²) in [5, 5.41) is 3.66. The van der Waals surface area contributed by atoms with E-state index in [1.165, 1.54) is 25.7 Å². The first kappa shape index (κ1) is 24.9. The lowest BCUT2D eigenvalue weighted by Gasteiger charge is -2.02. The Morgan fingerprint density at radius 3 is 1.77 bits per heavy atom. The van der Waals surface area contributed by atoms with Gasteiger partial charge in [-0.3, -0.25) is 4.79 Å². The van der Waals surface area contributed by atoms with Crippen LogP contribution in [0.15, 0.2) is 48.6 Å². The van der Waals surface area contributed by atoms with Crippen molar-refractivity contribution in [1.82, 2.24) is 5.32 Å². The summed E-state index contributed by atoms with van der Waals surface area (Å²) >= 11 is 3.26. The van der Waals surface area contributed by atoms with Gasteiger partial charge in [0, 0.05) is 18.3 Å². The molecular weight excluding hydrogens is 386 g/mol. The Hall–Kier alpha value is -1.09. The Kier molecular flexibility index (Phi) is 21.0. The van der Waals surface area contributed by atoms with E-state index in [-0.39, 0.29) is 5.91 Å². The number of allylic oxidation sites excluding steroid dienone is 8. The minimum atomic E-state index is 0.139. The molecule has 1 amide bonds. The van der Waals surface area contributed by atoms with Gasteiger partial charge in [-0.05, 0) is 51.4 Å². The summed E-state index contributed by atoms with van der Waals surface area (Å²) in [6.45, 7) is 3.03. The molecule has 0 unspecified atom stereocenters. The van der Waals surface area contributed by atoms with Crippen molar-refractivity contribution in [3.05, 3.63) is 48.6 Å². The molecule has 0 aliphatic rings. The third-order valence-electron chi connectivity index (χ3n) is 3.90. The summed E-state index contributed by atoms with van der Waals surface area (Å²) in [4.78, 5) is 11.3. The zero-order valence-corrected chi connectivity index (χ0v) is 18.2. The summed E-state index contributed by atoms with van der Waals surface area (Å²) in [5.74, 6) is 0.139. The molecule has 1 N–H and O–H groups in total. The highest BCUT2D eigenvalue weighted by Gasteiger charge is 1.97. The first-order chi connectivity index (χ1) is 12.8. The van der Waals surface area contributed by atoms with Crippen molar-refractivity contribution in [2.45, 2.75) is 77.6 Å². The van der Waals surface area contributed by atoms with Gasteiger partial charge in [0.05, 0.1) is 0 Å². The number of alkyl halides is 1. The highest BCUT2D eigenvalue weighted by atomic mass is 79.9. The highest BCUT2D eigenvalue weighted by molar-refractivity contribution is 9.09. The van der Waals surface area contributed by atoms with Crippen LogP contribution in [0.4, 0.5) is 0 Å². The Morgan fingerprint density at radius 1 is 0.769 bits per heavy atom. The second kappa shape index (κ2) is 22.0. The summed E-state index contributed by atoms with van der Waals surface area (Å²) in [5.41, 5.74) is 0. The average Bonchev–Trinajstić information content (AvgIpc) is 2.64. The molecule has 26 heavy (non-hydrogen) atoms. The van der Waals surface area contributed by atoms with Crippen molar-refractivity contribution in [1.29, 1.82) is 0 Å². The molecule has 0 spiro atoms. The summed E-state index contributed by atoms with van der Waals surface area (Å²) in [7, 11) is 0. The number of nitrogens with one attached hydrogen (secondary N) is 1. The minimum Gasteiger partial charge on any atom is -0.356 e. The number of carbonyl (C=O) groups is 1. The van der Waals surface area contributed by atoms with Gasteiger partial charge in [0.1, 0.15) is 0 Å². The van der Waals surface area contributed by atoms with Crippen molar-refractivity contribution < 1.29 is 4.79 Å². The second-order valence-electron chi connectivity index (χ2n) is 6.37. The number of halogens is 1.